The fourth-order valence-electron chi connectivity index (χ4n) is 5.73. The minimum absolute atomic E-state index is 0.0695. The van der Waals surface area contributed by atoms with Gasteiger partial charge in [-0.15, -0.1) is 0 Å². The molecule has 1 fully saturated rings. The average Bonchev–Trinajstić information content (AvgIpc) is 2.74. The highest BCUT2D eigenvalue weighted by atomic mass is 16.5. The highest BCUT2D eigenvalue weighted by molar-refractivity contribution is 5.87. The van der Waals surface area contributed by atoms with Crippen molar-refractivity contribution < 1.29 is 14.6 Å². The second-order valence-electron chi connectivity index (χ2n) is 8.66. The van der Waals surface area contributed by atoms with Crippen LogP contribution in [-0.2, 0) is 16.6 Å². The molecule has 0 saturated heterocycles. The molecule has 0 amide bonds. The lowest BCUT2D eigenvalue weighted by atomic mass is 9.50. The Morgan fingerprint density at radius 3 is 2.74 bits per heavy atom. The van der Waals surface area contributed by atoms with Gasteiger partial charge in [0, 0.05) is 0 Å². The molecule has 2 aliphatic carbocycles. The van der Waals surface area contributed by atoms with Crippen LogP contribution in [0, 0.1) is 11.3 Å². The van der Waals surface area contributed by atoms with E-state index >= 15 is 0 Å². The predicted molar refractivity (Wildman–Crippen MR) is 89.0 cm³/mol. The molecule has 1 aromatic rings. The molecule has 1 saturated carbocycles. The monoisotopic (exact) mass is 314 g/mol. The van der Waals surface area contributed by atoms with Crippen molar-refractivity contribution in [2.24, 2.45) is 11.3 Å². The van der Waals surface area contributed by atoms with E-state index in [-0.39, 0.29) is 17.3 Å². The number of carbonyl (C=O) groups is 1. The smallest absolute Gasteiger partial charge is 0.318 e. The number of fused-ring (bicyclic) bond motifs is 4. The summed E-state index contributed by atoms with van der Waals surface area (Å²) in [6, 6.07) is 2.07. The van der Waals surface area contributed by atoms with Gasteiger partial charge in [-0.3, -0.25) is 4.79 Å². The van der Waals surface area contributed by atoms with Gasteiger partial charge in [-0.05, 0) is 66.5 Å². The third kappa shape index (κ3) is 1.85. The van der Waals surface area contributed by atoms with Gasteiger partial charge in [0.2, 0.25) is 0 Å². The van der Waals surface area contributed by atoms with Gasteiger partial charge in [0.25, 0.3) is 0 Å². The van der Waals surface area contributed by atoms with Crippen molar-refractivity contribution in [3.8, 4) is 11.5 Å². The third-order valence-electron chi connectivity index (χ3n) is 6.93. The van der Waals surface area contributed by atoms with E-state index in [0.717, 1.165) is 24.8 Å². The van der Waals surface area contributed by atoms with Crippen LogP contribution < -0.4 is 4.74 Å². The van der Waals surface area contributed by atoms with Crippen LogP contribution in [0.4, 0.5) is 0 Å². The van der Waals surface area contributed by atoms with Crippen molar-refractivity contribution in [3.63, 3.8) is 0 Å². The molecule has 0 bridgehead atoms. The Hall–Kier alpha value is -1.51. The molecule has 23 heavy (non-hydrogen) atoms. The van der Waals surface area contributed by atoms with Gasteiger partial charge >= 0.3 is 5.97 Å². The van der Waals surface area contributed by atoms with Crippen molar-refractivity contribution in [1.29, 1.82) is 0 Å². The van der Waals surface area contributed by atoms with Crippen molar-refractivity contribution in [2.45, 2.75) is 71.1 Å². The molecule has 3 atom stereocenters. The number of carbonyl (C=O) groups excluding carboxylic acids is 1. The summed E-state index contributed by atoms with van der Waals surface area (Å²) in [6.45, 7) is 8.94. The van der Waals surface area contributed by atoms with Gasteiger partial charge < -0.3 is 9.84 Å². The zero-order valence-electron chi connectivity index (χ0n) is 14.5. The van der Waals surface area contributed by atoms with Crippen molar-refractivity contribution >= 4 is 5.97 Å². The number of esters is 1. The molecule has 0 unspecified atom stereocenters. The van der Waals surface area contributed by atoms with E-state index in [1.165, 1.54) is 18.4 Å². The molecule has 0 radical (unpaired) electrons. The van der Waals surface area contributed by atoms with Gasteiger partial charge in [-0.1, -0.05) is 27.2 Å². The van der Waals surface area contributed by atoms with Gasteiger partial charge in [0.15, 0.2) is 0 Å². The summed E-state index contributed by atoms with van der Waals surface area (Å²) in [6.07, 6.45) is 5.65. The molecule has 1 aromatic carbocycles. The van der Waals surface area contributed by atoms with Crippen molar-refractivity contribution in [3.05, 3.63) is 22.8 Å². The number of aromatic hydroxyl groups is 1. The first-order chi connectivity index (χ1) is 10.8. The Labute approximate surface area is 138 Å². The number of hydrogen-bond acceptors (Lipinski definition) is 3. The minimum atomic E-state index is -0.358. The number of ether oxygens (including phenoxy) is 1. The van der Waals surface area contributed by atoms with E-state index in [0.29, 0.717) is 28.4 Å². The molecule has 1 aliphatic heterocycles. The number of phenols is 1. The Balaban J connectivity index is 1.91. The molecule has 0 aromatic heterocycles. The Morgan fingerprint density at radius 2 is 2.00 bits per heavy atom. The molecule has 3 heteroatoms. The molecule has 3 nitrogen and oxygen atoms in total. The average molecular weight is 314 g/mol. The lowest BCUT2D eigenvalue weighted by molar-refractivity contribution is -0.133. The largest absolute Gasteiger partial charge is 0.507 e. The lowest BCUT2D eigenvalue weighted by Gasteiger charge is -2.54. The Bertz CT molecular complexity index is 703. The van der Waals surface area contributed by atoms with Crippen LogP contribution in [0.1, 0.15) is 76.0 Å². The fraction of sp³-hybridized carbons (Fsp3) is 0.650. The predicted octanol–water partition coefficient (Wildman–Crippen LogP) is 4.44. The van der Waals surface area contributed by atoms with Gasteiger partial charge in [0.1, 0.15) is 11.5 Å². The standard InChI is InChI=1S/C20H26O3/c1-11-16-14(23-18(11)22)10-13-12(17(16)21)6-7-15-19(2,3)8-5-9-20(13,15)4/h10-11,15,21H,5-9H2,1-4H3/t11-,15-,20+/m1/s1. The topological polar surface area (TPSA) is 46.5 Å². The first kappa shape index (κ1) is 15.0. The summed E-state index contributed by atoms with van der Waals surface area (Å²) in [5.41, 5.74) is 3.37. The van der Waals surface area contributed by atoms with E-state index in [1.807, 2.05) is 6.92 Å². The number of benzene rings is 1. The SMILES string of the molecule is C[C@H]1C(=O)Oc2cc3c(c(O)c21)CC[C@@H]1C(C)(C)CCC[C@@]31C. The van der Waals surface area contributed by atoms with E-state index in [4.69, 9.17) is 4.74 Å². The summed E-state index contributed by atoms with van der Waals surface area (Å²) in [5.74, 6) is 0.915. The lowest BCUT2D eigenvalue weighted by Crippen LogP contribution is -2.47. The summed E-state index contributed by atoms with van der Waals surface area (Å²) in [4.78, 5) is 11.9. The highest BCUT2D eigenvalue weighted by Crippen LogP contribution is 2.59. The summed E-state index contributed by atoms with van der Waals surface area (Å²) >= 11 is 0. The van der Waals surface area contributed by atoms with E-state index in [2.05, 4.69) is 26.8 Å². The first-order valence-electron chi connectivity index (χ1n) is 8.86. The van der Waals surface area contributed by atoms with Crippen LogP contribution >= 0.6 is 0 Å². The quantitative estimate of drug-likeness (QED) is 0.568. The summed E-state index contributed by atoms with van der Waals surface area (Å²) in [5, 5.41) is 10.8. The molecule has 124 valence electrons. The third-order valence-corrected chi connectivity index (χ3v) is 6.93. The Morgan fingerprint density at radius 1 is 1.26 bits per heavy atom. The van der Waals surface area contributed by atoms with E-state index in [9.17, 15) is 9.90 Å². The van der Waals surface area contributed by atoms with Crippen LogP contribution in [-0.4, -0.2) is 11.1 Å². The molecular weight excluding hydrogens is 288 g/mol. The zero-order valence-corrected chi connectivity index (χ0v) is 14.5. The molecule has 0 spiro atoms. The first-order valence-corrected chi connectivity index (χ1v) is 8.86. The second-order valence-corrected chi connectivity index (χ2v) is 8.66. The van der Waals surface area contributed by atoms with Crippen molar-refractivity contribution in [1.82, 2.24) is 0 Å². The van der Waals surface area contributed by atoms with Gasteiger partial charge in [0.05, 0.1) is 11.5 Å². The fourth-order valence-corrected chi connectivity index (χ4v) is 5.73. The highest BCUT2D eigenvalue weighted by Gasteiger charge is 2.51. The maximum Gasteiger partial charge on any atom is 0.318 e. The van der Waals surface area contributed by atoms with E-state index in [1.54, 1.807) is 0 Å². The molecule has 1 N–H and O–H groups in total. The minimum Gasteiger partial charge on any atom is -0.507 e. The molecule has 4 rings (SSSR count). The van der Waals surface area contributed by atoms with Gasteiger partial charge in [-0.25, -0.2) is 0 Å². The maximum atomic E-state index is 11.9. The number of rotatable bonds is 0. The van der Waals surface area contributed by atoms with Crippen LogP contribution in [0.2, 0.25) is 0 Å². The van der Waals surface area contributed by atoms with Crippen LogP contribution in [0.5, 0.6) is 11.5 Å². The summed E-state index contributed by atoms with van der Waals surface area (Å²) in [7, 11) is 0. The molecule has 3 aliphatic rings. The normalized spacial score (nSPS) is 34.3. The number of hydrogen-bond donors (Lipinski definition) is 1. The molecular formula is C20H26O3. The van der Waals surface area contributed by atoms with Crippen molar-refractivity contribution in [2.75, 3.05) is 0 Å². The van der Waals surface area contributed by atoms with E-state index < -0.39 is 0 Å². The van der Waals surface area contributed by atoms with Crippen LogP contribution in [0.15, 0.2) is 6.07 Å². The molecule has 1 heterocycles. The van der Waals surface area contributed by atoms with Crippen LogP contribution in [0.25, 0.3) is 0 Å². The zero-order chi connectivity index (χ0) is 16.6. The second kappa shape index (κ2) is 4.52. The summed E-state index contributed by atoms with van der Waals surface area (Å²) < 4.78 is 5.44. The van der Waals surface area contributed by atoms with Crippen LogP contribution in [0.3, 0.4) is 0 Å². The number of phenolic OH excluding ortho intramolecular Hbond substituents is 1. The Kier molecular flexibility index (Phi) is 2.96. The maximum absolute atomic E-state index is 11.9. The van der Waals surface area contributed by atoms with Gasteiger partial charge in [-0.2, -0.15) is 0 Å².